The smallest absolute Gasteiger partial charge is 0.133 e. The van der Waals surface area contributed by atoms with Crippen molar-refractivity contribution in [2.45, 2.75) is 58.8 Å². The summed E-state index contributed by atoms with van der Waals surface area (Å²) in [5, 5.41) is 0. The Balaban J connectivity index is 3.48. The van der Waals surface area contributed by atoms with Gasteiger partial charge in [0, 0.05) is 12.8 Å². The van der Waals surface area contributed by atoms with Gasteiger partial charge in [0.15, 0.2) is 0 Å². The van der Waals surface area contributed by atoms with Gasteiger partial charge in [-0.25, -0.2) is 0 Å². The van der Waals surface area contributed by atoms with Crippen molar-refractivity contribution >= 4 is 5.78 Å². The summed E-state index contributed by atoms with van der Waals surface area (Å²) in [4.78, 5) is 11.4. The third-order valence-electron chi connectivity index (χ3n) is 2.56. The van der Waals surface area contributed by atoms with Crippen LogP contribution in [0.25, 0.3) is 0 Å². The number of rotatable bonds is 8. The molecule has 0 fully saturated rings. The van der Waals surface area contributed by atoms with Gasteiger partial charge in [0.1, 0.15) is 5.78 Å². The van der Waals surface area contributed by atoms with E-state index in [1.165, 1.54) is 12.8 Å². The summed E-state index contributed by atoms with van der Waals surface area (Å²) >= 11 is 0. The Morgan fingerprint density at radius 3 is 2.46 bits per heavy atom. The lowest BCUT2D eigenvalue weighted by Gasteiger charge is -2.10. The maximum atomic E-state index is 11.4. The van der Waals surface area contributed by atoms with Gasteiger partial charge in [-0.15, -0.1) is 0 Å². The summed E-state index contributed by atoms with van der Waals surface area (Å²) in [6, 6.07) is 0. The Morgan fingerprint density at radius 1 is 1.31 bits per heavy atom. The molecular formula is C12H23O. The molecule has 0 amide bonds. The highest BCUT2D eigenvalue weighted by Crippen LogP contribution is 2.14. The molecule has 0 aromatic carbocycles. The number of ketones is 1. The van der Waals surface area contributed by atoms with E-state index in [9.17, 15) is 4.79 Å². The van der Waals surface area contributed by atoms with Gasteiger partial charge < -0.3 is 0 Å². The van der Waals surface area contributed by atoms with E-state index in [-0.39, 0.29) is 0 Å². The molecule has 0 saturated heterocycles. The molecule has 0 saturated carbocycles. The van der Waals surface area contributed by atoms with E-state index in [1.807, 2.05) is 0 Å². The average Bonchev–Trinajstić information content (AvgIpc) is 2.14. The topological polar surface area (TPSA) is 17.1 Å². The van der Waals surface area contributed by atoms with Gasteiger partial charge in [-0.2, -0.15) is 0 Å². The van der Waals surface area contributed by atoms with E-state index in [0.717, 1.165) is 32.1 Å². The van der Waals surface area contributed by atoms with E-state index in [2.05, 4.69) is 20.8 Å². The van der Waals surface area contributed by atoms with Crippen LogP contribution in [0.4, 0.5) is 0 Å². The third-order valence-corrected chi connectivity index (χ3v) is 2.56. The van der Waals surface area contributed by atoms with Crippen LogP contribution in [0.2, 0.25) is 0 Å². The van der Waals surface area contributed by atoms with Crippen LogP contribution in [0.3, 0.4) is 0 Å². The van der Waals surface area contributed by atoms with Gasteiger partial charge in [-0.1, -0.05) is 46.5 Å². The van der Waals surface area contributed by atoms with Crippen LogP contribution in [0.5, 0.6) is 0 Å². The van der Waals surface area contributed by atoms with Gasteiger partial charge in [-0.3, -0.25) is 4.79 Å². The highest BCUT2D eigenvalue weighted by atomic mass is 16.1. The predicted molar refractivity (Wildman–Crippen MR) is 57.5 cm³/mol. The van der Waals surface area contributed by atoms with E-state index in [0.29, 0.717) is 11.7 Å². The molecule has 0 aromatic heterocycles. The standard InChI is InChI=1S/C12H23O/c1-4-7-8-9-12(13)10-11(5-2)6-3/h11H,2,4-10H2,1,3H3. The van der Waals surface area contributed by atoms with Crippen molar-refractivity contribution < 1.29 is 4.79 Å². The Hall–Kier alpha value is -0.330. The zero-order valence-corrected chi connectivity index (χ0v) is 9.14. The first-order valence-corrected chi connectivity index (χ1v) is 5.55. The fourth-order valence-corrected chi connectivity index (χ4v) is 1.45. The van der Waals surface area contributed by atoms with Gasteiger partial charge in [0.25, 0.3) is 0 Å². The van der Waals surface area contributed by atoms with Crippen LogP contribution >= 0.6 is 0 Å². The molecule has 0 aliphatic carbocycles. The second kappa shape index (κ2) is 8.28. The quantitative estimate of drug-likeness (QED) is 0.523. The van der Waals surface area contributed by atoms with Crippen LogP contribution in [0, 0.1) is 12.8 Å². The Labute approximate surface area is 82.9 Å². The summed E-state index contributed by atoms with van der Waals surface area (Å²) in [6.45, 7) is 8.15. The molecular weight excluding hydrogens is 160 g/mol. The number of unbranched alkanes of at least 4 members (excludes halogenated alkanes) is 2. The fourth-order valence-electron chi connectivity index (χ4n) is 1.45. The lowest BCUT2D eigenvalue weighted by Crippen LogP contribution is -2.06. The summed E-state index contributed by atoms with van der Waals surface area (Å²) < 4.78 is 0. The Kier molecular flexibility index (Phi) is 8.07. The second-order valence-corrected chi connectivity index (χ2v) is 3.76. The monoisotopic (exact) mass is 183 g/mol. The minimum Gasteiger partial charge on any atom is -0.300 e. The summed E-state index contributed by atoms with van der Waals surface area (Å²) in [7, 11) is 0. The van der Waals surface area contributed by atoms with Crippen LogP contribution in [0.1, 0.15) is 58.8 Å². The van der Waals surface area contributed by atoms with Crippen molar-refractivity contribution in [1.29, 1.82) is 0 Å². The molecule has 0 rings (SSSR count). The van der Waals surface area contributed by atoms with Gasteiger partial charge in [0.2, 0.25) is 0 Å². The maximum absolute atomic E-state index is 11.4. The SMILES string of the molecule is [CH2]CC(CC)CC(=O)CCCCC. The number of Topliss-reactive ketones (excluding diaryl/α,β-unsaturated/α-hetero) is 1. The molecule has 0 spiro atoms. The van der Waals surface area contributed by atoms with E-state index >= 15 is 0 Å². The van der Waals surface area contributed by atoms with Crippen LogP contribution in [0.15, 0.2) is 0 Å². The number of hydrogen-bond donors (Lipinski definition) is 0. The van der Waals surface area contributed by atoms with Gasteiger partial charge in [-0.05, 0) is 12.3 Å². The third kappa shape index (κ3) is 6.80. The van der Waals surface area contributed by atoms with Crippen molar-refractivity contribution in [2.75, 3.05) is 0 Å². The Bertz CT molecular complexity index is 125. The maximum Gasteiger partial charge on any atom is 0.133 e. The first-order valence-electron chi connectivity index (χ1n) is 5.55. The van der Waals surface area contributed by atoms with Crippen LogP contribution in [-0.2, 0) is 4.79 Å². The second-order valence-electron chi connectivity index (χ2n) is 3.76. The van der Waals surface area contributed by atoms with Gasteiger partial charge in [0.05, 0.1) is 0 Å². The first kappa shape index (κ1) is 12.7. The number of hydrogen-bond acceptors (Lipinski definition) is 1. The van der Waals surface area contributed by atoms with E-state index in [1.54, 1.807) is 0 Å². The van der Waals surface area contributed by atoms with Crippen LogP contribution < -0.4 is 0 Å². The molecule has 77 valence electrons. The molecule has 1 nitrogen and oxygen atoms in total. The predicted octanol–water partition coefficient (Wildman–Crippen LogP) is 3.78. The lowest BCUT2D eigenvalue weighted by atomic mass is 9.95. The van der Waals surface area contributed by atoms with Gasteiger partial charge >= 0.3 is 0 Å². The lowest BCUT2D eigenvalue weighted by molar-refractivity contribution is -0.120. The normalized spacial score (nSPS) is 10.8. The minimum atomic E-state index is 0.434. The average molecular weight is 183 g/mol. The zero-order valence-electron chi connectivity index (χ0n) is 9.14. The summed E-state index contributed by atoms with van der Waals surface area (Å²) in [5.41, 5.74) is 0. The molecule has 0 aliphatic heterocycles. The minimum absolute atomic E-state index is 0.434. The first-order chi connectivity index (χ1) is 6.24. The van der Waals surface area contributed by atoms with E-state index < -0.39 is 0 Å². The molecule has 1 atom stereocenters. The highest BCUT2D eigenvalue weighted by molar-refractivity contribution is 5.78. The number of carbonyl (C=O) groups excluding carboxylic acids is 1. The summed E-state index contributed by atoms with van der Waals surface area (Å²) in [5.74, 6) is 0.957. The molecule has 0 N–H and O–H groups in total. The highest BCUT2D eigenvalue weighted by Gasteiger charge is 2.09. The zero-order chi connectivity index (χ0) is 10.1. The Morgan fingerprint density at radius 2 is 2.00 bits per heavy atom. The molecule has 0 bridgehead atoms. The largest absolute Gasteiger partial charge is 0.300 e. The van der Waals surface area contributed by atoms with Crippen molar-refractivity contribution in [1.82, 2.24) is 0 Å². The molecule has 13 heavy (non-hydrogen) atoms. The van der Waals surface area contributed by atoms with Crippen molar-refractivity contribution in [3.05, 3.63) is 6.92 Å². The van der Waals surface area contributed by atoms with Crippen molar-refractivity contribution in [3.63, 3.8) is 0 Å². The van der Waals surface area contributed by atoms with Crippen molar-refractivity contribution in [2.24, 2.45) is 5.92 Å². The van der Waals surface area contributed by atoms with E-state index in [4.69, 9.17) is 0 Å². The summed E-state index contributed by atoms with van der Waals surface area (Å²) in [6.07, 6.45) is 6.97. The van der Waals surface area contributed by atoms with Crippen LogP contribution in [-0.4, -0.2) is 5.78 Å². The molecule has 1 radical (unpaired) electrons. The molecule has 1 unspecified atom stereocenters. The van der Waals surface area contributed by atoms with Crippen molar-refractivity contribution in [3.8, 4) is 0 Å². The molecule has 0 heterocycles. The fraction of sp³-hybridized carbons (Fsp3) is 0.833. The molecule has 0 aromatic rings. The molecule has 0 aliphatic rings. The number of carbonyl (C=O) groups is 1. The molecule has 1 heteroatoms.